The molecule has 0 radical (unpaired) electrons. The van der Waals surface area contributed by atoms with Gasteiger partial charge in [0.1, 0.15) is 11.6 Å². The molecule has 0 aliphatic rings. The van der Waals surface area contributed by atoms with Crippen LogP contribution in [0.1, 0.15) is 24.1 Å². The number of para-hydroxylation sites is 1. The second-order valence-electron chi connectivity index (χ2n) is 4.47. The molecule has 2 rings (SSSR count). The van der Waals surface area contributed by atoms with Crippen molar-refractivity contribution in [2.24, 2.45) is 0 Å². The summed E-state index contributed by atoms with van der Waals surface area (Å²) in [5, 5.41) is 3.41. The van der Waals surface area contributed by atoms with Crippen LogP contribution >= 0.6 is 0 Å². The lowest BCUT2D eigenvalue weighted by molar-refractivity contribution is 0.401. The van der Waals surface area contributed by atoms with Gasteiger partial charge in [-0.2, -0.15) is 0 Å². The topological polar surface area (TPSA) is 21.3 Å². The maximum atomic E-state index is 12.8. The fourth-order valence-electron chi connectivity index (χ4n) is 2.01. The van der Waals surface area contributed by atoms with Crippen molar-refractivity contribution in [2.45, 2.75) is 19.5 Å². The molecule has 2 nitrogen and oxygen atoms in total. The normalized spacial score (nSPS) is 12.2. The first-order valence-electron chi connectivity index (χ1n) is 6.31. The van der Waals surface area contributed by atoms with E-state index < -0.39 is 0 Å². The number of hydrogen-bond acceptors (Lipinski definition) is 2. The first-order chi connectivity index (χ1) is 9.20. The number of nitrogens with one attached hydrogen (secondary N) is 1. The summed E-state index contributed by atoms with van der Waals surface area (Å²) in [6.07, 6.45) is 0. The summed E-state index contributed by atoms with van der Waals surface area (Å²) in [7, 11) is 1.67. The van der Waals surface area contributed by atoms with Gasteiger partial charge in [-0.15, -0.1) is 0 Å². The van der Waals surface area contributed by atoms with E-state index in [9.17, 15) is 4.39 Å². The zero-order chi connectivity index (χ0) is 13.7. The number of ether oxygens (including phenoxy) is 1. The Labute approximate surface area is 113 Å². The average Bonchev–Trinajstić information content (AvgIpc) is 2.46. The molecule has 1 N–H and O–H groups in total. The Hall–Kier alpha value is -1.87. The Morgan fingerprint density at radius 3 is 2.47 bits per heavy atom. The maximum absolute atomic E-state index is 12.8. The molecule has 1 unspecified atom stereocenters. The molecule has 0 aliphatic carbocycles. The highest BCUT2D eigenvalue weighted by molar-refractivity contribution is 5.35. The van der Waals surface area contributed by atoms with E-state index in [0.717, 1.165) is 16.9 Å². The molecule has 3 heteroatoms. The molecule has 0 aromatic heterocycles. The first-order valence-corrected chi connectivity index (χ1v) is 6.31. The zero-order valence-electron chi connectivity index (χ0n) is 11.2. The third kappa shape index (κ3) is 3.55. The van der Waals surface area contributed by atoms with Crippen LogP contribution < -0.4 is 10.1 Å². The lowest BCUT2D eigenvalue weighted by atomic mass is 10.1. The molecule has 0 aliphatic heterocycles. The van der Waals surface area contributed by atoms with Crippen LogP contribution in [0.15, 0.2) is 48.5 Å². The average molecular weight is 259 g/mol. The third-order valence-corrected chi connectivity index (χ3v) is 3.13. The summed E-state index contributed by atoms with van der Waals surface area (Å²) in [4.78, 5) is 0. The van der Waals surface area contributed by atoms with E-state index in [-0.39, 0.29) is 11.9 Å². The summed E-state index contributed by atoms with van der Waals surface area (Å²) in [6.45, 7) is 2.78. The SMILES string of the molecule is COc1ccccc1C(C)NCc1ccc(F)cc1. The van der Waals surface area contributed by atoms with Crippen LogP contribution in [0.4, 0.5) is 4.39 Å². The van der Waals surface area contributed by atoms with E-state index in [4.69, 9.17) is 4.74 Å². The van der Waals surface area contributed by atoms with E-state index in [0.29, 0.717) is 6.54 Å². The number of halogens is 1. The van der Waals surface area contributed by atoms with Crippen LogP contribution in [0.2, 0.25) is 0 Å². The van der Waals surface area contributed by atoms with Crippen LogP contribution in [0, 0.1) is 5.82 Å². The highest BCUT2D eigenvalue weighted by Crippen LogP contribution is 2.24. The zero-order valence-corrected chi connectivity index (χ0v) is 11.2. The first kappa shape index (κ1) is 13.6. The van der Waals surface area contributed by atoms with Gasteiger partial charge in [-0.1, -0.05) is 30.3 Å². The van der Waals surface area contributed by atoms with Gasteiger partial charge in [0.2, 0.25) is 0 Å². The predicted octanol–water partition coefficient (Wildman–Crippen LogP) is 3.69. The lowest BCUT2D eigenvalue weighted by Gasteiger charge is -2.17. The molecule has 19 heavy (non-hydrogen) atoms. The van der Waals surface area contributed by atoms with Gasteiger partial charge in [-0.25, -0.2) is 4.39 Å². The van der Waals surface area contributed by atoms with Crippen molar-refractivity contribution in [1.82, 2.24) is 5.32 Å². The van der Waals surface area contributed by atoms with Crippen LogP contribution in [0.3, 0.4) is 0 Å². The molecule has 0 saturated heterocycles. The van der Waals surface area contributed by atoms with Crippen molar-refractivity contribution in [3.8, 4) is 5.75 Å². The monoisotopic (exact) mass is 259 g/mol. The summed E-state index contributed by atoms with van der Waals surface area (Å²) >= 11 is 0. The predicted molar refractivity (Wildman–Crippen MR) is 74.6 cm³/mol. The molecular formula is C16H18FNO. The molecule has 0 heterocycles. The summed E-state index contributed by atoms with van der Waals surface area (Å²) in [5.74, 6) is 0.670. The van der Waals surface area contributed by atoms with E-state index in [1.54, 1.807) is 19.2 Å². The Kier molecular flexibility index (Phi) is 4.53. The molecule has 0 saturated carbocycles. The molecule has 1 atom stereocenters. The van der Waals surface area contributed by atoms with Crippen LogP contribution in [0.5, 0.6) is 5.75 Å². The molecule has 2 aromatic carbocycles. The van der Waals surface area contributed by atoms with Crippen molar-refractivity contribution >= 4 is 0 Å². The second kappa shape index (κ2) is 6.34. The molecule has 0 bridgehead atoms. The van der Waals surface area contributed by atoms with E-state index in [2.05, 4.69) is 12.2 Å². The van der Waals surface area contributed by atoms with Gasteiger partial charge >= 0.3 is 0 Å². The van der Waals surface area contributed by atoms with Gasteiger partial charge < -0.3 is 10.1 Å². The molecule has 0 spiro atoms. The summed E-state index contributed by atoms with van der Waals surface area (Å²) < 4.78 is 18.2. The van der Waals surface area contributed by atoms with Crippen molar-refractivity contribution in [1.29, 1.82) is 0 Å². The minimum Gasteiger partial charge on any atom is -0.496 e. The highest BCUT2D eigenvalue weighted by Gasteiger charge is 2.09. The molecule has 0 fully saturated rings. The van der Waals surface area contributed by atoms with Gasteiger partial charge in [0.25, 0.3) is 0 Å². The number of benzene rings is 2. The minimum absolute atomic E-state index is 0.168. The molecule has 0 amide bonds. The molecule has 100 valence electrons. The Morgan fingerprint density at radius 2 is 1.79 bits per heavy atom. The number of rotatable bonds is 5. The molecular weight excluding hydrogens is 241 g/mol. The standard InChI is InChI=1S/C16H18FNO/c1-12(15-5-3-4-6-16(15)19-2)18-11-13-7-9-14(17)10-8-13/h3-10,12,18H,11H2,1-2H3. The number of methoxy groups -OCH3 is 1. The summed E-state index contributed by atoms with van der Waals surface area (Å²) in [6, 6.07) is 14.6. The lowest BCUT2D eigenvalue weighted by Crippen LogP contribution is -2.18. The Morgan fingerprint density at radius 1 is 1.11 bits per heavy atom. The number of hydrogen-bond donors (Lipinski definition) is 1. The van der Waals surface area contributed by atoms with Gasteiger partial charge in [0.05, 0.1) is 7.11 Å². The maximum Gasteiger partial charge on any atom is 0.123 e. The highest BCUT2D eigenvalue weighted by atomic mass is 19.1. The van der Waals surface area contributed by atoms with Crippen molar-refractivity contribution < 1.29 is 9.13 Å². The second-order valence-corrected chi connectivity index (χ2v) is 4.47. The largest absolute Gasteiger partial charge is 0.496 e. The van der Waals surface area contributed by atoms with Gasteiger partial charge in [0, 0.05) is 18.2 Å². The van der Waals surface area contributed by atoms with E-state index in [1.165, 1.54) is 12.1 Å². The minimum atomic E-state index is -0.207. The van der Waals surface area contributed by atoms with Gasteiger partial charge in [-0.05, 0) is 30.7 Å². The van der Waals surface area contributed by atoms with E-state index in [1.807, 2.05) is 24.3 Å². The van der Waals surface area contributed by atoms with Gasteiger partial charge in [-0.3, -0.25) is 0 Å². The third-order valence-electron chi connectivity index (χ3n) is 3.13. The van der Waals surface area contributed by atoms with Crippen molar-refractivity contribution in [2.75, 3.05) is 7.11 Å². The quantitative estimate of drug-likeness (QED) is 0.884. The Bertz CT molecular complexity index is 525. The fourth-order valence-corrected chi connectivity index (χ4v) is 2.01. The van der Waals surface area contributed by atoms with Crippen LogP contribution in [-0.4, -0.2) is 7.11 Å². The van der Waals surface area contributed by atoms with Crippen LogP contribution in [-0.2, 0) is 6.54 Å². The Balaban J connectivity index is 2.01. The summed E-state index contributed by atoms with van der Waals surface area (Å²) in [5.41, 5.74) is 2.18. The molecule has 2 aromatic rings. The van der Waals surface area contributed by atoms with Crippen LogP contribution in [0.25, 0.3) is 0 Å². The van der Waals surface area contributed by atoms with Crippen molar-refractivity contribution in [3.63, 3.8) is 0 Å². The van der Waals surface area contributed by atoms with E-state index >= 15 is 0 Å². The van der Waals surface area contributed by atoms with Gasteiger partial charge in [0.15, 0.2) is 0 Å². The fraction of sp³-hybridized carbons (Fsp3) is 0.250. The van der Waals surface area contributed by atoms with Crippen molar-refractivity contribution in [3.05, 3.63) is 65.5 Å². The smallest absolute Gasteiger partial charge is 0.123 e.